The van der Waals surface area contributed by atoms with Crippen LogP contribution in [0.4, 0.5) is 0 Å². The summed E-state index contributed by atoms with van der Waals surface area (Å²) in [4.78, 5) is 0. The maximum absolute atomic E-state index is 10.5. The van der Waals surface area contributed by atoms with E-state index in [2.05, 4.69) is 6.58 Å². The van der Waals surface area contributed by atoms with E-state index in [0.29, 0.717) is 0 Å². The SMILES string of the molecule is C=CCS(=O)(=O)NS(=O)O. The molecule has 0 fully saturated rings. The molecule has 0 bridgehead atoms. The van der Waals surface area contributed by atoms with Gasteiger partial charge in [0.05, 0.1) is 5.75 Å². The molecule has 0 amide bonds. The van der Waals surface area contributed by atoms with Crippen molar-refractivity contribution in [1.29, 1.82) is 0 Å². The van der Waals surface area contributed by atoms with Gasteiger partial charge in [0.1, 0.15) is 0 Å². The van der Waals surface area contributed by atoms with E-state index in [4.69, 9.17) is 4.55 Å². The Labute approximate surface area is 61.6 Å². The largest absolute Gasteiger partial charge is 0.293 e. The van der Waals surface area contributed by atoms with E-state index in [9.17, 15) is 12.6 Å². The molecule has 0 heterocycles. The molecule has 0 aliphatic carbocycles. The van der Waals surface area contributed by atoms with Crippen molar-refractivity contribution >= 4 is 21.3 Å². The summed E-state index contributed by atoms with van der Waals surface area (Å²) >= 11 is -2.52. The third kappa shape index (κ3) is 4.62. The van der Waals surface area contributed by atoms with Crippen LogP contribution in [-0.4, -0.2) is 22.9 Å². The molecular formula is C3H7NO4S2. The van der Waals surface area contributed by atoms with Gasteiger partial charge in [-0.2, -0.15) is 0 Å². The van der Waals surface area contributed by atoms with E-state index in [1.807, 2.05) is 0 Å². The van der Waals surface area contributed by atoms with Gasteiger partial charge in [-0.15, -0.1) is 10.7 Å². The van der Waals surface area contributed by atoms with E-state index in [1.54, 1.807) is 0 Å². The van der Waals surface area contributed by atoms with Crippen molar-refractivity contribution in [3.05, 3.63) is 12.7 Å². The summed E-state index contributed by atoms with van der Waals surface area (Å²) in [5.41, 5.74) is 0. The van der Waals surface area contributed by atoms with Crippen LogP contribution in [0.1, 0.15) is 0 Å². The van der Waals surface area contributed by atoms with E-state index in [1.165, 1.54) is 4.13 Å². The first-order valence-electron chi connectivity index (χ1n) is 2.20. The lowest BCUT2D eigenvalue weighted by Gasteiger charge is -1.96. The van der Waals surface area contributed by atoms with Crippen LogP contribution in [0.2, 0.25) is 0 Å². The topological polar surface area (TPSA) is 83.5 Å². The fourth-order valence-electron chi connectivity index (χ4n) is 0.298. The Hall–Kier alpha value is -0.240. The Morgan fingerprint density at radius 1 is 1.70 bits per heavy atom. The van der Waals surface area contributed by atoms with Gasteiger partial charge in [0.15, 0.2) is 0 Å². The molecule has 0 saturated heterocycles. The molecule has 1 atom stereocenters. The quantitative estimate of drug-likeness (QED) is 0.445. The Morgan fingerprint density at radius 3 is 2.50 bits per heavy atom. The van der Waals surface area contributed by atoms with Crippen LogP contribution in [0.3, 0.4) is 0 Å². The molecule has 2 N–H and O–H groups in total. The first-order chi connectivity index (χ1) is 4.48. The number of rotatable bonds is 4. The second-order valence-electron chi connectivity index (χ2n) is 1.40. The fourth-order valence-corrected chi connectivity index (χ4v) is 1.75. The molecule has 0 aromatic carbocycles. The average Bonchev–Trinajstić information content (AvgIpc) is 1.59. The molecule has 7 heteroatoms. The smallest absolute Gasteiger partial charge is 0.245 e. The molecule has 1 unspecified atom stereocenters. The van der Waals surface area contributed by atoms with E-state index >= 15 is 0 Å². The summed E-state index contributed by atoms with van der Waals surface area (Å²) in [5.74, 6) is -0.362. The summed E-state index contributed by atoms with van der Waals surface area (Å²) in [7, 11) is -3.65. The summed E-state index contributed by atoms with van der Waals surface area (Å²) in [5, 5.41) is 0. The third-order valence-electron chi connectivity index (χ3n) is 0.536. The summed E-state index contributed by atoms with van der Waals surface area (Å²) < 4.78 is 40.4. The second-order valence-corrected chi connectivity index (χ2v) is 4.13. The lowest BCUT2D eigenvalue weighted by atomic mass is 10.8. The van der Waals surface area contributed by atoms with Crippen LogP contribution < -0.4 is 4.13 Å². The predicted molar refractivity (Wildman–Crippen MR) is 37.9 cm³/mol. The van der Waals surface area contributed by atoms with E-state index < -0.39 is 21.3 Å². The highest BCUT2D eigenvalue weighted by Gasteiger charge is 2.08. The molecule has 60 valence electrons. The summed E-state index contributed by atoms with van der Waals surface area (Å²) in [6, 6.07) is 0. The van der Waals surface area contributed by atoms with Crippen LogP contribution in [-0.2, 0) is 21.3 Å². The zero-order valence-corrected chi connectivity index (χ0v) is 6.61. The van der Waals surface area contributed by atoms with Crippen LogP contribution in [0.15, 0.2) is 12.7 Å². The van der Waals surface area contributed by atoms with Crippen molar-refractivity contribution in [3.63, 3.8) is 0 Å². The molecule has 0 aliphatic heterocycles. The molecule has 0 aliphatic rings. The van der Waals surface area contributed by atoms with E-state index in [-0.39, 0.29) is 5.75 Å². The minimum absolute atomic E-state index is 0.362. The number of hydrogen-bond donors (Lipinski definition) is 2. The highest BCUT2D eigenvalue weighted by molar-refractivity contribution is 8.00. The normalized spacial score (nSPS) is 14.5. The molecular weight excluding hydrogens is 178 g/mol. The van der Waals surface area contributed by atoms with Crippen LogP contribution in [0.5, 0.6) is 0 Å². The minimum atomic E-state index is -3.65. The van der Waals surface area contributed by atoms with Gasteiger partial charge < -0.3 is 0 Å². The van der Waals surface area contributed by atoms with Gasteiger partial charge in [0.2, 0.25) is 21.3 Å². The van der Waals surface area contributed by atoms with Gasteiger partial charge in [0, 0.05) is 0 Å². The van der Waals surface area contributed by atoms with Gasteiger partial charge in [-0.3, -0.25) is 4.55 Å². The lowest BCUT2D eigenvalue weighted by molar-refractivity contribution is 0.554. The van der Waals surface area contributed by atoms with Crippen molar-refractivity contribution in [3.8, 4) is 0 Å². The Bertz CT molecular complexity index is 231. The van der Waals surface area contributed by atoms with Gasteiger partial charge >= 0.3 is 0 Å². The molecule has 0 aromatic heterocycles. The third-order valence-corrected chi connectivity index (χ3v) is 2.80. The monoisotopic (exact) mass is 185 g/mol. The number of hydrogen-bond acceptors (Lipinski definition) is 3. The standard InChI is InChI=1S/C3H7NO4S2/c1-2-3-10(7,8)4-9(5)6/h2,4H,1,3H2,(H,5,6). The zero-order valence-electron chi connectivity index (χ0n) is 4.98. The minimum Gasteiger partial charge on any atom is -0.293 e. The zero-order chi connectivity index (χ0) is 8.20. The Balaban J connectivity index is 4.14. The Kier molecular flexibility index (Phi) is 3.72. The molecule has 0 rings (SSSR count). The maximum Gasteiger partial charge on any atom is 0.245 e. The van der Waals surface area contributed by atoms with Crippen LogP contribution in [0.25, 0.3) is 0 Å². The summed E-state index contributed by atoms with van der Waals surface area (Å²) in [6.45, 7) is 3.15. The van der Waals surface area contributed by atoms with Crippen molar-refractivity contribution < 1.29 is 17.2 Å². The van der Waals surface area contributed by atoms with Gasteiger partial charge in [-0.05, 0) is 0 Å². The predicted octanol–water partition coefficient (Wildman–Crippen LogP) is -0.771. The van der Waals surface area contributed by atoms with Crippen LogP contribution >= 0.6 is 0 Å². The van der Waals surface area contributed by atoms with Crippen molar-refractivity contribution in [1.82, 2.24) is 4.13 Å². The van der Waals surface area contributed by atoms with Crippen molar-refractivity contribution in [2.75, 3.05) is 5.75 Å². The average molecular weight is 185 g/mol. The highest BCUT2D eigenvalue weighted by atomic mass is 32.3. The van der Waals surface area contributed by atoms with Gasteiger partial charge in [-0.25, -0.2) is 12.6 Å². The first kappa shape index (κ1) is 9.76. The lowest BCUT2D eigenvalue weighted by Crippen LogP contribution is -2.26. The Morgan fingerprint density at radius 2 is 2.20 bits per heavy atom. The number of nitrogens with one attached hydrogen (secondary N) is 1. The maximum atomic E-state index is 10.5. The van der Waals surface area contributed by atoms with Crippen molar-refractivity contribution in [2.24, 2.45) is 0 Å². The fraction of sp³-hybridized carbons (Fsp3) is 0.333. The summed E-state index contributed by atoms with van der Waals surface area (Å²) in [6.07, 6.45) is 1.12. The molecule has 0 radical (unpaired) electrons. The second kappa shape index (κ2) is 3.81. The molecule has 10 heavy (non-hydrogen) atoms. The molecule has 0 aromatic rings. The van der Waals surface area contributed by atoms with Gasteiger partial charge in [0.25, 0.3) is 0 Å². The van der Waals surface area contributed by atoms with Crippen LogP contribution in [0, 0.1) is 0 Å². The van der Waals surface area contributed by atoms with Crippen molar-refractivity contribution in [2.45, 2.75) is 0 Å². The highest BCUT2D eigenvalue weighted by Crippen LogP contribution is 1.83. The van der Waals surface area contributed by atoms with Gasteiger partial charge in [-0.1, -0.05) is 6.08 Å². The molecule has 0 spiro atoms. The molecule has 5 nitrogen and oxygen atoms in total. The number of sulfonamides is 1. The van der Waals surface area contributed by atoms with E-state index in [0.717, 1.165) is 6.08 Å². The first-order valence-corrected chi connectivity index (χ1v) is 4.95. The molecule has 0 saturated carbocycles.